The van der Waals surface area contributed by atoms with Gasteiger partial charge in [0.1, 0.15) is 12.1 Å². The Hall–Kier alpha value is -2.85. The van der Waals surface area contributed by atoms with Gasteiger partial charge >= 0.3 is 0 Å². The molecule has 0 saturated carbocycles. The summed E-state index contributed by atoms with van der Waals surface area (Å²) in [6, 6.07) is 7.47. The molecule has 1 aromatic carbocycles. The van der Waals surface area contributed by atoms with Gasteiger partial charge < -0.3 is 14.3 Å². The van der Waals surface area contributed by atoms with Crippen LogP contribution >= 0.6 is 23.4 Å². The standard InChI is InChI=1S/C15H12ClN5O4S/c16-12-6-10(21(23)24)3-4-13(12)18-14(22)8-26-15-19-17-9-20(15)7-11-2-1-5-25-11/h1-6,9H,7-8H2,(H,18,22). The summed E-state index contributed by atoms with van der Waals surface area (Å²) in [6.45, 7) is 0.456. The molecule has 0 spiro atoms. The maximum absolute atomic E-state index is 12.1. The van der Waals surface area contributed by atoms with E-state index in [-0.39, 0.29) is 22.4 Å². The molecular weight excluding hydrogens is 382 g/mol. The van der Waals surface area contributed by atoms with Crippen LogP contribution in [0.3, 0.4) is 0 Å². The Morgan fingerprint density at radius 2 is 2.27 bits per heavy atom. The molecule has 9 nitrogen and oxygen atoms in total. The highest BCUT2D eigenvalue weighted by molar-refractivity contribution is 7.99. The molecule has 134 valence electrons. The molecule has 11 heteroatoms. The first-order valence-electron chi connectivity index (χ1n) is 7.29. The van der Waals surface area contributed by atoms with E-state index in [2.05, 4.69) is 15.5 Å². The fourth-order valence-corrected chi connectivity index (χ4v) is 3.01. The zero-order valence-corrected chi connectivity index (χ0v) is 14.7. The molecule has 0 fully saturated rings. The number of non-ortho nitro benzene ring substituents is 1. The van der Waals surface area contributed by atoms with E-state index < -0.39 is 4.92 Å². The number of aromatic nitrogens is 3. The van der Waals surface area contributed by atoms with Crippen LogP contribution in [-0.4, -0.2) is 31.3 Å². The molecule has 26 heavy (non-hydrogen) atoms. The Morgan fingerprint density at radius 3 is 2.96 bits per heavy atom. The Bertz CT molecular complexity index is 928. The summed E-state index contributed by atoms with van der Waals surface area (Å²) in [5, 5.41) is 21.8. The second-order valence-corrected chi connectivity index (χ2v) is 6.43. The fraction of sp³-hybridized carbons (Fsp3) is 0.133. The maximum atomic E-state index is 12.1. The Kier molecular flexibility index (Phi) is 5.54. The molecule has 0 unspecified atom stereocenters. The minimum absolute atomic E-state index is 0.0736. The topological polar surface area (TPSA) is 116 Å². The normalized spacial score (nSPS) is 10.7. The number of thioether (sulfide) groups is 1. The molecule has 0 saturated heterocycles. The van der Waals surface area contributed by atoms with E-state index in [1.807, 2.05) is 6.07 Å². The summed E-state index contributed by atoms with van der Waals surface area (Å²) in [5.74, 6) is 0.497. The van der Waals surface area contributed by atoms with Crippen LogP contribution in [0.2, 0.25) is 5.02 Å². The van der Waals surface area contributed by atoms with Crippen LogP contribution < -0.4 is 5.32 Å². The van der Waals surface area contributed by atoms with E-state index in [1.165, 1.54) is 30.0 Å². The lowest BCUT2D eigenvalue weighted by Gasteiger charge is -2.07. The van der Waals surface area contributed by atoms with Gasteiger partial charge in [0.15, 0.2) is 5.16 Å². The van der Waals surface area contributed by atoms with Crippen LogP contribution in [0.15, 0.2) is 52.5 Å². The van der Waals surface area contributed by atoms with E-state index in [1.54, 1.807) is 23.2 Å². The maximum Gasteiger partial charge on any atom is 0.271 e. The first-order valence-corrected chi connectivity index (χ1v) is 8.66. The Morgan fingerprint density at radius 1 is 1.42 bits per heavy atom. The Balaban J connectivity index is 1.58. The van der Waals surface area contributed by atoms with Gasteiger partial charge in [-0.3, -0.25) is 14.9 Å². The van der Waals surface area contributed by atoms with Crippen LogP contribution in [0.25, 0.3) is 0 Å². The van der Waals surface area contributed by atoms with Crippen LogP contribution in [0.4, 0.5) is 11.4 Å². The fourth-order valence-electron chi connectivity index (χ4n) is 2.07. The van der Waals surface area contributed by atoms with Crippen molar-refractivity contribution in [2.75, 3.05) is 11.1 Å². The third-order valence-corrected chi connectivity index (χ3v) is 4.55. The van der Waals surface area contributed by atoms with Crippen molar-refractivity contribution in [2.24, 2.45) is 0 Å². The summed E-state index contributed by atoms with van der Waals surface area (Å²) in [4.78, 5) is 22.3. The van der Waals surface area contributed by atoms with Gasteiger partial charge in [-0.15, -0.1) is 10.2 Å². The van der Waals surface area contributed by atoms with Crippen molar-refractivity contribution >= 4 is 40.6 Å². The molecule has 2 aromatic heterocycles. The molecule has 3 rings (SSSR count). The summed E-state index contributed by atoms with van der Waals surface area (Å²) in [5.41, 5.74) is 0.160. The van der Waals surface area contributed by atoms with Gasteiger partial charge in [0.2, 0.25) is 5.91 Å². The third-order valence-electron chi connectivity index (χ3n) is 3.26. The first kappa shape index (κ1) is 18.0. The molecule has 0 aliphatic rings. The van der Waals surface area contributed by atoms with E-state index in [0.717, 1.165) is 5.76 Å². The number of furan rings is 1. The number of benzene rings is 1. The SMILES string of the molecule is O=C(CSc1nncn1Cc1ccco1)Nc1ccc([N+](=O)[O-])cc1Cl. The number of anilines is 1. The zero-order chi connectivity index (χ0) is 18.5. The van der Waals surface area contributed by atoms with Crippen molar-refractivity contribution in [3.05, 3.63) is 63.8 Å². The van der Waals surface area contributed by atoms with E-state index >= 15 is 0 Å². The number of carbonyl (C=O) groups is 1. The van der Waals surface area contributed by atoms with Gasteiger partial charge in [-0.1, -0.05) is 23.4 Å². The third kappa shape index (κ3) is 4.41. The lowest BCUT2D eigenvalue weighted by atomic mass is 10.3. The van der Waals surface area contributed by atoms with Gasteiger partial charge in [0.25, 0.3) is 5.69 Å². The number of amides is 1. The number of hydrogen-bond donors (Lipinski definition) is 1. The van der Waals surface area contributed by atoms with Crippen molar-refractivity contribution in [1.29, 1.82) is 0 Å². The van der Waals surface area contributed by atoms with Gasteiger partial charge in [-0.2, -0.15) is 0 Å². The predicted molar refractivity (Wildman–Crippen MR) is 95.3 cm³/mol. The Labute approximate surface area is 156 Å². The minimum atomic E-state index is -0.556. The lowest BCUT2D eigenvalue weighted by molar-refractivity contribution is -0.384. The van der Waals surface area contributed by atoms with Gasteiger partial charge in [0, 0.05) is 12.1 Å². The minimum Gasteiger partial charge on any atom is -0.467 e. The molecule has 2 heterocycles. The second-order valence-electron chi connectivity index (χ2n) is 5.08. The van der Waals surface area contributed by atoms with Gasteiger partial charge in [-0.25, -0.2) is 0 Å². The van der Waals surface area contributed by atoms with E-state index in [4.69, 9.17) is 16.0 Å². The summed E-state index contributed by atoms with van der Waals surface area (Å²) in [7, 11) is 0. The number of carbonyl (C=O) groups excluding carboxylic acids is 1. The highest BCUT2D eigenvalue weighted by Crippen LogP contribution is 2.27. The largest absolute Gasteiger partial charge is 0.467 e. The molecule has 0 aliphatic heterocycles. The smallest absolute Gasteiger partial charge is 0.271 e. The number of halogens is 1. The highest BCUT2D eigenvalue weighted by atomic mass is 35.5. The van der Waals surface area contributed by atoms with Gasteiger partial charge in [-0.05, 0) is 18.2 Å². The van der Waals surface area contributed by atoms with E-state index in [0.29, 0.717) is 17.4 Å². The summed E-state index contributed by atoms with van der Waals surface area (Å²) in [6.07, 6.45) is 3.13. The van der Waals surface area contributed by atoms with Crippen LogP contribution in [0, 0.1) is 10.1 Å². The number of nitro benzene ring substituents is 1. The first-order chi connectivity index (χ1) is 12.5. The average Bonchev–Trinajstić information content (AvgIpc) is 3.27. The van der Waals surface area contributed by atoms with Crippen molar-refractivity contribution in [3.8, 4) is 0 Å². The summed E-state index contributed by atoms with van der Waals surface area (Å²) < 4.78 is 7.04. The van der Waals surface area contributed by atoms with Crippen LogP contribution in [-0.2, 0) is 11.3 Å². The van der Waals surface area contributed by atoms with Crippen molar-refractivity contribution in [3.63, 3.8) is 0 Å². The number of nitrogens with one attached hydrogen (secondary N) is 1. The number of rotatable bonds is 7. The molecule has 0 atom stereocenters. The van der Waals surface area contributed by atoms with Crippen LogP contribution in [0.5, 0.6) is 0 Å². The molecule has 0 bridgehead atoms. The van der Waals surface area contributed by atoms with Crippen molar-refractivity contribution in [2.45, 2.75) is 11.7 Å². The highest BCUT2D eigenvalue weighted by Gasteiger charge is 2.13. The molecule has 1 N–H and O–H groups in total. The summed E-state index contributed by atoms with van der Waals surface area (Å²) >= 11 is 7.16. The monoisotopic (exact) mass is 393 g/mol. The number of nitro groups is 1. The van der Waals surface area contributed by atoms with E-state index in [9.17, 15) is 14.9 Å². The van der Waals surface area contributed by atoms with Gasteiger partial charge in [0.05, 0.1) is 34.2 Å². The number of hydrogen-bond acceptors (Lipinski definition) is 7. The van der Waals surface area contributed by atoms with Crippen LogP contribution in [0.1, 0.15) is 5.76 Å². The molecule has 3 aromatic rings. The zero-order valence-electron chi connectivity index (χ0n) is 13.2. The molecule has 1 amide bonds. The molecular formula is C15H12ClN5O4S. The molecule has 0 radical (unpaired) electrons. The predicted octanol–water partition coefficient (Wildman–Crippen LogP) is 3.21. The quantitative estimate of drug-likeness (QED) is 0.372. The average molecular weight is 394 g/mol. The lowest BCUT2D eigenvalue weighted by Crippen LogP contribution is -2.15. The van der Waals surface area contributed by atoms with Crippen molar-refractivity contribution in [1.82, 2.24) is 14.8 Å². The van der Waals surface area contributed by atoms with Crippen molar-refractivity contribution < 1.29 is 14.1 Å². The molecule has 0 aliphatic carbocycles. The number of nitrogens with zero attached hydrogens (tertiary/aromatic N) is 4. The second kappa shape index (κ2) is 8.02.